The number of carbonyl (C=O) groups is 1. The summed E-state index contributed by atoms with van der Waals surface area (Å²) in [5, 5.41) is 0.365. The van der Waals surface area contributed by atoms with Crippen LogP contribution in [0.15, 0.2) is 44.6 Å². The summed E-state index contributed by atoms with van der Waals surface area (Å²) in [7, 11) is 0. The number of carbonyl (C=O) groups excluding carboxylic acids is 1. The monoisotopic (exact) mass is 376 g/mol. The molecule has 2 aromatic rings. The number of furan rings is 1. The van der Waals surface area contributed by atoms with E-state index in [9.17, 15) is 13.6 Å². The Hall–Kier alpha value is -2.41. The van der Waals surface area contributed by atoms with Crippen LogP contribution in [0.25, 0.3) is 6.08 Å². The molecule has 26 heavy (non-hydrogen) atoms. The topological polar surface area (TPSA) is 45.8 Å². The minimum absolute atomic E-state index is 0.00875. The fourth-order valence-corrected chi connectivity index (χ4v) is 3.43. The van der Waals surface area contributed by atoms with Crippen molar-refractivity contribution in [1.82, 2.24) is 4.90 Å². The lowest BCUT2D eigenvalue weighted by molar-refractivity contribution is -0.122. The van der Waals surface area contributed by atoms with E-state index in [-0.39, 0.29) is 17.5 Å². The van der Waals surface area contributed by atoms with Crippen LogP contribution in [0.5, 0.6) is 0 Å². The normalized spacial score (nSPS) is 17.9. The fraction of sp³-hybridized carbons (Fsp3) is 0.263. The van der Waals surface area contributed by atoms with Gasteiger partial charge in [0.1, 0.15) is 23.0 Å². The number of amidine groups is 1. The third-order valence-electron chi connectivity index (χ3n) is 3.60. The highest BCUT2D eigenvalue weighted by atomic mass is 32.2. The third kappa shape index (κ3) is 4.04. The van der Waals surface area contributed by atoms with Crippen molar-refractivity contribution in [3.05, 3.63) is 58.4 Å². The van der Waals surface area contributed by atoms with Crippen molar-refractivity contribution < 1.29 is 18.0 Å². The maximum absolute atomic E-state index is 13.9. The molecule has 0 unspecified atom stereocenters. The van der Waals surface area contributed by atoms with Crippen LogP contribution >= 0.6 is 11.8 Å². The van der Waals surface area contributed by atoms with Crippen molar-refractivity contribution in [2.75, 3.05) is 6.54 Å². The van der Waals surface area contributed by atoms with Crippen molar-refractivity contribution in [2.45, 2.75) is 20.8 Å². The smallest absolute Gasteiger partial charge is 0.266 e. The summed E-state index contributed by atoms with van der Waals surface area (Å²) in [4.78, 5) is 19.0. The molecular weight excluding hydrogens is 358 g/mol. The average Bonchev–Trinajstić information content (AvgIpc) is 3.08. The molecule has 0 spiro atoms. The third-order valence-corrected chi connectivity index (χ3v) is 4.60. The zero-order valence-corrected chi connectivity index (χ0v) is 15.4. The van der Waals surface area contributed by atoms with Gasteiger partial charge in [-0.2, -0.15) is 0 Å². The zero-order valence-electron chi connectivity index (χ0n) is 14.6. The maximum atomic E-state index is 13.9. The number of halogens is 2. The van der Waals surface area contributed by atoms with Gasteiger partial charge in [-0.25, -0.2) is 13.8 Å². The molecule has 1 fully saturated rings. The van der Waals surface area contributed by atoms with Crippen LogP contribution in [0.1, 0.15) is 25.4 Å². The van der Waals surface area contributed by atoms with Gasteiger partial charge in [-0.05, 0) is 48.9 Å². The second kappa shape index (κ2) is 7.45. The Labute approximate surface area is 154 Å². The molecule has 7 heteroatoms. The largest absolute Gasteiger partial charge is 0.462 e. The van der Waals surface area contributed by atoms with E-state index in [0.29, 0.717) is 22.4 Å². The Bertz CT molecular complexity index is 903. The predicted molar refractivity (Wildman–Crippen MR) is 99.0 cm³/mol. The number of aliphatic imine (C=N–C) groups is 1. The lowest BCUT2D eigenvalue weighted by atomic mass is 10.2. The highest BCUT2D eigenvalue weighted by Crippen LogP contribution is 2.35. The van der Waals surface area contributed by atoms with Crippen molar-refractivity contribution >= 4 is 34.6 Å². The molecule has 0 atom stereocenters. The van der Waals surface area contributed by atoms with Crippen LogP contribution in [0.4, 0.5) is 14.5 Å². The van der Waals surface area contributed by atoms with Crippen LogP contribution in [-0.4, -0.2) is 22.5 Å². The Balaban J connectivity index is 1.97. The molecule has 1 aliphatic heterocycles. The number of thioether (sulfide) groups is 1. The molecule has 1 aromatic heterocycles. The van der Waals surface area contributed by atoms with Gasteiger partial charge in [0.15, 0.2) is 11.0 Å². The molecule has 136 valence electrons. The molecule has 3 rings (SSSR count). The minimum atomic E-state index is -0.769. The van der Waals surface area contributed by atoms with E-state index in [1.807, 2.05) is 26.8 Å². The highest BCUT2D eigenvalue weighted by Gasteiger charge is 2.34. The quantitative estimate of drug-likeness (QED) is 0.695. The SMILES string of the molecule is Cc1ccc(/C=C2/SC(=Nc3ccc(F)cc3F)N(CC(C)C)C2=O)o1. The summed E-state index contributed by atoms with van der Waals surface area (Å²) < 4.78 is 32.5. The summed E-state index contributed by atoms with van der Waals surface area (Å²) in [5.41, 5.74) is -0.00875. The molecule has 1 aliphatic rings. The fourth-order valence-electron chi connectivity index (χ4n) is 2.45. The molecule has 2 heterocycles. The Morgan fingerprint density at radius 1 is 1.27 bits per heavy atom. The van der Waals surface area contributed by atoms with E-state index < -0.39 is 11.6 Å². The van der Waals surface area contributed by atoms with Gasteiger partial charge in [0.05, 0.1) is 4.91 Å². The molecule has 0 radical (unpaired) electrons. The summed E-state index contributed by atoms with van der Waals surface area (Å²) in [5.74, 6) is -0.138. The second-order valence-electron chi connectivity index (χ2n) is 6.36. The summed E-state index contributed by atoms with van der Waals surface area (Å²) in [6.45, 7) is 6.22. The summed E-state index contributed by atoms with van der Waals surface area (Å²) >= 11 is 1.15. The predicted octanol–water partition coefficient (Wildman–Crippen LogP) is 5.13. The molecular formula is C19H18F2N2O2S. The number of benzene rings is 1. The van der Waals surface area contributed by atoms with Gasteiger partial charge in [-0.3, -0.25) is 9.69 Å². The lowest BCUT2D eigenvalue weighted by Crippen LogP contribution is -2.32. The van der Waals surface area contributed by atoms with Gasteiger partial charge in [0, 0.05) is 18.7 Å². The van der Waals surface area contributed by atoms with Gasteiger partial charge in [0.25, 0.3) is 5.91 Å². The van der Waals surface area contributed by atoms with Crippen LogP contribution in [0, 0.1) is 24.5 Å². The van der Waals surface area contributed by atoms with Gasteiger partial charge < -0.3 is 4.42 Å². The van der Waals surface area contributed by atoms with E-state index in [1.165, 1.54) is 11.0 Å². The first kappa shape index (κ1) is 18.4. The van der Waals surface area contributed by atoms with Crippen LogP contribution < -0.4 is 0 Å². The van der Waals surface area contributed by atoms with E-state index >= 15 is 0 Å². The molecule has 0 aliphatic carbocycles. The highest BCUT2D eigenvalue weighted by molar-refractivity contribution is 8.18. The number of hydrogen-bond donors (Lipinski definition) is 0. The first-order valence-electron chi connectivity index (χ1n) is 8.15. The Morgan fingerprint density at radius 2 is 2.04 bits per heavy atom. The first-order chi connectivity index (χ1) is 12.3. The van der Waals surface area contributed by atoms with E-state index in [4.69, 9.17) is 4.42 Å². The van der Waals surface area contributed by atoms with Gasteiger partial charge in [0.2, 0.25) is 0 Å². The van der Waals surface area contributed by atoms with Crippen LogP contribution in [0.2, 0.25) is 0 Å². The van der Waals surface area contributed by atoms with Gasteiger partial charge in [-0.1, -0.05) is 13.8 Å². The van der Waals surface area contributed by atoms with E-state index in [2.05, 4.69) is 4.99 Å². The number of nitrogens with zero attached hydrogens (tertiary/aromatic N) is 2. The molecule has 1 saturated heterocycles. The Kier molecular flexibility index (Phi) is 5.27. The lowest BCUT2D eigenvalue weighted by Gasteiger charge is -2.17. The molecule has 1 aromatic carbocycles. The van der Waals surface area contributed by atoms with Crippen molar-refractivity contribution in [2.24, 2.45) is 10.9 Å². The summed E-state index contributed by atoms with van der Waals surface area (Å²) in [6.07, 6.45) is 1.65. The van der Waals surface area contributed by atoms with Crippen molar-refractivity contribution in [3.63, 3.8) is 0 Å². The molecule has 0 bridgehead atoms. The van der Waals surface area contributed by atoms with Crippen LogP contribution in [0.3, 0.4) is 0 Å². The first-order valence-corrected chi connectivity index (χ1v) is 8.96. The summed E-state index contributed by atoms with van der Waals surface area (Å²) in [6, 6.07) is 6.76. The zero-order chi connectivity index (χ0) is 18.8. The van der Waals surface area contributed by atoms with Gasteiger partial charge in [-0.15, -0.1) is 0 Å². The molecule has 4 nitrogen and oxygen atoms in total. The molecule has 0 saturated carbocycles. The Morgan fingerprint density at radius 3 is 2.65 bits per heavy atom. The van der Waals surface area contributed by atoms with Gasteiger partial charge >= 0.3 is 0 Å². The number of aryl methyl sites for hydroxylation is 1. The van der Waals surface area contributed by atoms with Crippen molar-refractivity contribution in [3.8, 4) is 0 Å². The van der Waals surface area contributed by atoms with Crippen molar-refractivity contribution in [1.29, 1.82) is 0 Å². The second-order valence-corrected chi connectivity index (χ2v) is 7.37. The number of amides is 1. The molecule has 1 amide bonds. The van der Waals surface area contributed by atoms with E-state index in [1.54, 1.807) is 12.1 Å². The van der Waals surface area contributed by atoms with E-state index in [0.717, 1.165) is 29.7 Å². The average molecular weight is 376 g/mol. The number of hydrogen-bond acceptors (Lipinski definition) is 4. The van der Waals surface area contributed by atoms with Crippen LogP contribution in [-0.2, 0) is 4.79 Å². The maximum Gasteiger partial charge on any atom is 0.266 e. The number of rotatable bonds is 4. The molecule has 0 N–H and O–H groups in total. The minimum Gasteiger partial charge on any atom is -0.462 e. The standard InChI is InChI=1S/C19H18F2N2O2S/c1-11(2)10-23-18(24)17(9-14-6-4-12(3)25-14)26-19(23)22-16-7-5-13(20)8-15(16)21/h4-9,11H,10H2,1-3H3/b17-9+,22-19?.